The molecule has 1 aliphatic rings. The van der Waals surface area contributed by atoms with Crippen molar-refractivity contribution in [3.63, 3.8) is 0 Å². The van der Waals surface area contributed by atoms with Crippen LogP contribution in [0.25, 0.3) is 0 Å². The first-order valence-electron chi connectivity index (χ1n) is 7.22. The largest absolute Gasteiger partial charge is 0.476 e. The van der Waals surface area contributed by atoms with E-state index < -0.39 is 21.9 Å². The van der Waals surface area contributed by atoms with Gasteiger partial charge >= 0.3 is 6.09 Å². The molecule has 132 valence electrons. The number of carbonyl (C=O) groups excluding carboxylic acids is 1. The van der Waals surface area contributed by atoms with Gasteiger partial charge in [0.1, 0.15) is 5.75 Å². The molecule has 1 fully saturated rings. The van der Waals surface area contributed by atoms with Crippen molar-refractivity contribution in [2.75, 3.05) is 24.8 Å². The van der Waals surface area contributed by atoms with E-state index in [1.165, 1.54) is 18.2 Å². The number of likely N-dealkylation sites (tertiary alicyclic amines) is 1. The predicted molar refractivity (Wildman–Crippen MR) is 92.8 cm³/mol. The summed E-state index contributed by atoms with van der Waals surface area (Å²) >= 11 is 12.0. The van der Waals surface area contributed by atoms with Gasteiger partial charge in [-0.15, -0.1) is 6.58 Å². The molecule has 0 aromatic heterocycles. The summed E-state index contributed by atoms with van der Waals surface area (Å²) in [6.07, 6.45) is 2.62. The molecule has 0 spiro atoms. The summed E-state index contributed by atoms with van der Waals surface area (Å²) in [7, 11) is -3.45. The Hall–Kier alpha value is -1.44. The fourth-order valence-electron chi connectivity index (χ4n) is 2.14. The van der Waals surface area contributed by atoms with E-state index >= 15 is 0 Å². The lowest BCUT2D eigenvalue weighted by molar-refractivity contribution is 0.162. The van der Waals surface area contributed by atoms with E-state index in [1.807, 2.05) is 0 Å². The van der Waals surface area contributed by atoms with Crippen LogP contribution in [0.3, 0.4) is 0 Å². The average molecular weight is 394 g/mol. The lowest BCUT2D eigenvalue weighted by Crippen LogP contribution is -2.30. The van der Waals surface area contributed by atoms with Gasteiger partial charge in [-0.2, -0.15) is 0 Å². The first-order chi connectivity index (χ1) is 11.3. The summed E-state index contributed by atoms with van der Waals surface area (Å²) in [5.74, 6) is -0.651. The molecule has 0 bridgehead atoms. The fraction of sp³-hybridized carbons (Fsp3) is 0.400. The Bertz CT molecular complexity index is 730. The number of halogens is 2. The highest BCUT2D eigenvalue weighted by Crippen LogP contribution is 2.36. The Labute approximate surface area is 150 Å². The van der Waals surface area contributed by atoms with E-state index in [0.29, 0.717) is 13.1 Å². The van der Waals surface area contributed by atoms with Crippen LogP contribution in [-0.2, 0) is 9.84 Å². The van der Waals surface area contributed by atoms with Gasteiger partial charge in [-0.05, 0) is 18.9 Å². The van der Waals surface area contributed by atoms with Crippen molar-refractivity contribution >= 4 is 39.1 Å². The molecule has 1 aromatic rings. The van der Waals surface area contributed by atoms with E-state index in [0.717, 1.165) is 12.8 Å². The number of hydrogen-bond donors (Lipinski definition) is 0. The molecule has 1 saturated heterocycles. The summed E-state index contributed by atoms with van der Waals surface area (Å²) in [6.45, 7) is 4.64. The fourth-order valence-corrected chi connectivity index (χ4v) is 3.38. The summed E-state index contributed by atoms with van der Waals surface area (Å²) in [4.78, 5) is 13.6. The number of sulfone groups is 1. The summed E-state index contributed by atoms with van der Waals surface area (Å²) < 4.78 is 33.8. The third kappa shape index (κ3) is 5.03. The van der Waals surface area contributed by atoms with Gasteiger partial charge < -0.3 is 14.4 Å². The van der Waals surface area contributed by atoms with Crippen molar-refractivity contribution in [3.8, 4) is 11.5 Å². The van der Waals surface area contributed by atoms with Crippen molar-refractivity contribution in [1.82, 2.24) is 4.90 Å². The van der Waals surface area contributed by atoms with Gasteiger partial charge in [0.05, 0.1) is 15.8 Å². The van der Waals surface area contributed by atoms with E-state index in [1.54, 1.807) is 4.90 Å². The number of nitrogens with zero attached hydrogens (tertiary/aromatic N) is 1. The van der Waals surface area contributed by atoms with Gasteiger partial charge in [-0.25, -0.2) is 13.2 Å². The molecule has 0 aliphatic carbocycles. The Morgan fingerprint density at radius 1 is 1.21 bits per heavy atom. The molecule has 0 unspecified atom stereocenters. The van der Waals surface area contributed by atoms with Crippen LogP contribution < -0.4 is 9.47 Å². The maximum atomic E-state index is 12.0. The first kappa shape index (κ1) is 18.9. The Morgan fingerprint density at radius 3 is 2.46 bits per heavy atom. The van der Waals surface area contributed by atoms with Crippen molar-refractivity contribution in [2.24, 2.45) is 0 Å². The standard InChI is InChI=1S/C15H17Cl2NO5S/c1-2-7-24(20,21)10-22-13-9-14(12(17)8-11(13)16)23-15(19)18-5-3-4-6-18/h2,8-9H,1,3-7,10H2. The molecule has 1 aliphatic heterocycles. The van der Waals surface area contributed by atoms with Gasteiger partial charge in [0.15, 0.2) is 21.5 Å². The van der Waals surface area contributed by atoms with Crippen LogP contribution >= 0.6 is 23.2 Å². The zero-order chi connectivity index (χ0) is 17.7. The number of ether oxygens (including phenoxy) is 2. The maximum absolute atomic E-state index is 12.0. The third-order valence-electron chi connectivity index (χ3n) is 3.31. The molecule has 1 aromatic carbocycles. The van der Waals surface area contributed by atoms with E-state index in [2.05, 4.69) is 6.58 Å². The number of rotatable bonds is 6. The van der Waals surface area contributed by atoms with Crippen molar-refractivity contribution in [2.45, 2.75) is 12.8 Å². The average Bonchev–Trinajstić information content (AvgIpc) is 3.03. The molecule has 0 N–H and O–H groups in total. The smallest absolute Gasteiger partial charge is 0.415 e. The van der Waals surface area contributed by atoms with Crippen LogP contribution in [-0.4, -0.2) is 44.2 Å². The van der Waals surface area contributed by atoms with Crippen molar-refractivity contribution < 1.29 is 22.7 Å². The molecular formula is C15H17Cl2NO5S. The second-order valence-corrected chi connectivity index (χ2v) is 8.11. The highest BCUT2D eigenvalue weighted by molar-refractivity contribution is 7.91. The summed E-state index contributed by atoms with van der Waals surface area (Å²) in [6, 6.07) is 2.65. The van der Waals surface area contributed by atoms with Crippen LogP contribution in [0, 0.1) is 0 Å². The number of amides is 1. The second-order valence-electron chi connectivity index (χ2n) is 5.24. The highest BCUT2D eigenvalue weighted by atomic mass is 35.5. The molecule has 0 saturated carbocycles. The Morgan fingerprint density at radius 2 is 1.83 bits per heavy atom. The van der Waals surface area contributed by atoms with Gasteiger partial charge in [0.25, 0.3) is 0 Å². The van der Waals surface area contributed by atoms with E-state index in [9.17, 15) is 13.2 Å². The minimum atomic E-state index is -3.45. The molecule has 24 heavy (non-hydrogen) atoms. The minimum Gasteiger partial charge on any atom is -0.476 e. The number of carbonyl (C=O) groups is 1. The van der Waals surface area contributed by atoms with Crippen LogP contribution in [0.2, 0.25) is 10.0 Å². The van der Waals surface area contributed by atoms with Crippen LogP contribution in [0.1, 0.15) is 12.8 Å². The Balaban J connectivity index is 2.12. The van der Waals surface area contributed by atoms with Crippen LogP contribution in [0.4, 0.5) is 4.79 Å². The van der Waals surface area contributed by atoms with Crippen molar-refractivity contribution in [1.29, 1.82) is 0 Å². The quantitative estimate of drug-likeness (QED) is 0.691. The normalized spacial score (nSPS) is 14.5. The maximum Gasteiger partial charge on any atom is 0.415 e. The van der Waals surface area contributed by atoms with Gasteiger partial charge in [0.2, 0.25) is 0 Å². The summed E-state index contributed by atoms with van der Waals surface area (Å²) in [5.41, 5.74) is 0. The number of hydrogen-bond acceptors (Lipinski definition) is 5. The predicted octanol–water partition coefficient (Wildman–Crippen LogP) is 3.53. The lowest BCUT2D eigenvalue weighted by atomic mass is 10.3. The molecule has 0 radical (unpaired) electrons. The first-order valence-corrected chi connectivity index (χ1v) is 9.80. The molecule has 9 heteroatoms. The molecule has 2 rings (SSSR count). The molecule has 0 atom stereocenters. The van der Waals surface area contributed by atoms with Gasteiger partial charge in [0, 0.05) is 19.2 Å². The van der Waals surface area contributed by atoms with Gasteiger partial charge in [-0.3, -0.25) is 0 Å². The topological polar surface area (TPSA) is 72.9 Å². The third-order valence-corrected chi connectivity index (χ3v) is 5.12. The second kappa shape index (κ2) is 8.09. The van der Waals surface area contributed by atoms with Crippen LogP contribution in [0.5, 0.6) is 11.5 Å². The van der Waals surface area contributed by atoms with Gasteiger partial charge in [-0.1, -0.05) is 29.3 Å². The lowest BCUT2D eigenvalue weighted by Gasteiger charge is -2.16. The Kier molecular flexibility index (Phi) is 6.37. The molecule has 1 amide bonds. The van der Waals surface area contributed by atoms with E-state index in [4.69, 9.17) is 32.7 Å². The number of benzene rings is 1. The SMILES string of the molecule is C=CCS(=O)(=O)COc1cc(OC(=O)N2CCCC2)c(Cl)cc1Cl. The van der Waals surface area contributed by atoms with Crippen LogP contribution in [0.15, 0.2) is 24.8 Å². The minimum absolute atomic E-state index is 0.0640. The molecule has 6 nitrogen and oxygen atoms in total. The van der Waals surface area contributed by atoms with E-state index in [-0.39, 0.29) is 27.3 Å². The monoisotopic (exact) mass is 393 g/mol. The van der Waals surface area contributed by atoms with Crippen molar-refractivity contribution in [3.05, 3.63) is 34.8 Å². The summed E-state index contributed by atoms with van der Waals surface area (Å²) in [5, 5.41) is 0.253. The zero-order valence-corrected chi connectivity index (χ0v) is 15.2. The zero-order valence-electron chi connectivity index (χ0n) is 12.8. The molecule has 1 heterocycles. The molecular weight excluding hydrogens is 377 g/mol. The highest BCUT2D eigenvalue weighted by Gasteiger charge is 2.22.